The van der Waals surface area contributed by atoms with Crippen LogP contribution >= 0.6 is 11.8 Å². The minimum Gasteiger partial charge on any atom is -0.480 e. The van der Waals surface area contributed by atoms with Gasteiger partial charge in [-0.3, -0.25) is 0 Å². The van der Waals surface area contributed by atoms with Crippen molar-refractivity contribution in [1.82, 2.24) is 10.2 Å². The van der Waals surface area contributed by atoms with Gasteiger partial charge in [0.25, 0.3) is 0 Å². The number of hydrogen-bond acceptors (Lipinski definition) is 4. The first kappa shape index (κ1) is 14.1. The summed E-state index contributed by atoms with van der Waals surface area (Å²) in [4.78, 5) is 24.3. The van der Waals surface area contributed by atoms with Gasteiger partial charge in [-0.1, -0.05) is 0 Å². The van der Waals surface area contributed by atoms with Crippen molar-refractivity contribution >= 4 is 23.8 Å². The second-order valence-corrected chi connectivity index (χ2v) is 5.08. The third-order valence-corrected chi connectivity index (χ3v) is 3.48. The lowest BCUT2D eigenvalue weighted by atomic mass is 10.3. The van der Waals surface area contributed by atoms with Crippen LogP contribution in [0.15, 0.2) is 0 Å². The number of carboxylic acids is 1. The molecule has 2 amide bonds. The first-order valence-corrected chi connectivity index (χ1v) is 6.58. The quantitative estimate of drug-likeness (QED) is 0.758. The van der Waals surface area contributed by atoms with Gasteiger partial charge in [-0.2, -0.15) is 11.8 Å². The van der Waals surface area contributed by atoms with E-state index in [9.17, 15) is 9.59 Å². The van der Waals surface area contributed by atoms with Crippen LogP contribution in [-0.4, -0.2) is 65.9 Å². The predicted molar refractivity (Wildman–Crippen MR) is 65.3 cm³/mol. The van der Waals surface area contributed by atoms with Crippen LogP contribution < -0.4 is 5.32 Å². The van der Waals surface area contributed by atoms with Crippen molar-refractivity contribution < 1.29 is 19.4 Å². The van der Waals surface area contributed by atoms with E-state index in [-0.39, 0.29) is 12.1 Å². The SMILES string of the molecule is COCC(C)NC(=O)N1CCSCC1C(=O)O. The lowest BCUT2D eigenvalue weighted by molar-refractivity contribution is -0.141. The summed E-state index contributed by atoms with van der Waals surface area (Å²) >= 11 is 1.55. The average molecular weight is 262 g/mol. The topological polar surface area (TPSA) is 78.9 Å². The number of methoxy groups -OCH3 is 1. The van der Waals surface area contributed by atoms with Crippen LogP contribution in [0.25, 0.3) is 0 Å². The molecule has 0 aromatic rings. The van der Waals surface area contributed by atoms with Gasteiger partial charge in [-0.25, -0.2) is 9.59 Å². The number of nitrogens with zero attached hydrogens (tertiary/aromatic N) is 1. The first-order valence-electron chi connectivity index (χ1n) is 5.43. The van der Waals surface area contributed by atoms with Gasteiger partial charge in [0.15, 0.2) is 0 Å². The zero-order chi connectivity index (χ0) is 12.8. The van der Waals surface area contributed by atoms with E-state index in [1.54, 1.807) is 18.9 Å². The second-order valence-electron chi connectivity index (χ2n) is 3.93. The molecular weight excluding hydrogens is 244 g/mol. The molecule has 0 aromatic carbocycles. The van der Waals surface area contributed by atoms with E-state index in [1.807, 2.05) is 6.92 Å². The van der Waals surface area contributed by atoms with Crippen LogP contribution in [0.3, 0.4) is 0 Å². The molecule has 1 fully saturated rings. The highest BCUT2D eigenvalue weighted by molar-refractivity contribution is 7.99. The Morgan fingerprint density at radius 1 is 1.65 bits per heavy atom. The van der Waals surface area contributed by atoms with Crippen LogP contribution in [0.5, 0.6) is 0 Å². The Kier molecular flexibility index (Phi) is 5.57. The number of carboxylic acid groups (broad SMARTS) is 1. The van der Waals surface area contributed by atoms with Crippen molar-refractivity contribution in [3.63, 3.8) is 0 Å². The maximum Gasteiger partial charge on any atom is 0.327 e. The van der Waals surface area contributed by atoms with Crippen molar-refractivity contribution in [2.75, 3.05) is 31.8 Å². The molecule has 0 spiro atoms. The molecule has 0 radical (unpaired) electrons. The molecule has 1 heterocycles. The van der Waals surface area contributed by atoms with E-state index in [1.165, 1.54) is 4.90 Å². The fourth-order valence-electron chi connectivity index (χ4n) is 1.64. The summed E-state index contributed by atoms with van der Waals surface area (Å²) in [5.41, 5.74) is 0. The Morgan fingerprint density at radius 3 is 2.94 bits per heavy atom. The number of urea groups is 1. The molecule has 17 heavy (non-hydrogen) atoms. The molecule has 1 saturated heterocycles. The van der Waals surface area contributed by atoms with E-state index in [0.29, 0.717) is 18.9 Å². The molecule has 1 aliphatic rings. The number of carbonyl (C=O) groups is 2. The first-order chi connectivity index (χ1) is 8.06. The molecular formula is C10H18N2O4S. The van der Waals surface area contributed by atoms with Crippen molar-refractivity contribution in [3.05, 3.63) is 0 Å². The normalized spacial score (nSPS) is 22.0. The highest BCUT2D eigenvalue weighted by Gasteiger charge is 2.32. The maximum absolute atomic E-state index is 11.9. The minimum atomic E-state index is -0.952. The highest BCUT2D eigenvalue weighted by Crippen LogP contribution is 2.16. The highest BCUT2D eigenvalue weighted by atomic mass is 32.2. The number of hydrogen-bond donors (Lipinski definition) is 2. The maximum atomic E-state index is 11.9. The number of rotatable bonds is 4. The fourth-order valence-corrected chi connectivity index (χ4v) is 2.67. The summed E-state index contributed by atoms with van der Waals surface area (Å²) < 4.78 is 4.91. The van der Waals surface area contributed by atoms with Crippen LogP contribution in [0.2, 0.25) is 0 Å². The largest absolute Gasteiger partial charge is 0.480 e. The minimum absolute atomic E-state index is 0.128. The summed E-state index contributed by atoms with van der Waals surface area (Å²) in [5.74, 6) is 0.267. The number of amides is 2. The number of nitrogens with one attached hydrogen (secondary N) is 1. The molecule has 2 N–H and O–H groups in total. The van der Waals surface area contributed by atoms with E-state index in [0.717, 1.165) is 5.75 Å². The van der Waals surface area contributed by atoms with Crippen molar-refractivity contribution in [2.45, 2.75) is 19.0 Å². The van der Waals surface area contributed by atoms with Gasteiger partial charge < -0.3 is 20.1 Å². The number of ether oxygens (including phenoxy) is 1. The molecule has 7 heteroatoms. The Labute approximate surface area is 105 Å². The van der Waals surface area contributed by atoms with Crippen LogP contribution in [0.4, 0.5) is 4.79 Å². The lowest BCUT2D eigenvalue weighted by Crippen LogP contribution is -2.55. The van der Waals surface area contributed by atoms with Crippen molar-refractivity contribution in [1.29, 1.82) is 0 Å². The van der Waals surface area contributed by atoms with Gasteiger partial charge in [0.2, 0.25) is 0 Å². The number of aliphatic carboxylic acids is 1. The zero-order valence-corrected chi connectivity index (χ0v) is 10.8. The Balaban J connectivity index is 2.56. The van der Waals surface area contributed by atoms with Crippen LogP contribution in [0, 0.1) is 0 Å². The summed E-state index contributed by atoms with van der Waals surface area (Å²) in [7, 11) is 1.56. The third kappa shape index (κ3) is 4.08. The van der Waals surface area contributed by atoms with Crippen LogP contribution in [-0.2, 0) is 9.53 Å². The van der Waals surface area contributed by atoms with E-state index < -0.39 is 12.0 Å². The number of carbonyl (C=O) groups excluding carboxylic acids is 1. The lowest BCUT2D eigenvalue weighted by Gasteiger charge is -2.33. The van der Waals surface area contributed by atoms with Gasteiger partial charge in [0, 0.05) is 25.2 Å². The monoisotopic (exact) mass is 262 g/mol. The molecule has 0 aliphatic carbocycles. The van der Waals surface area contributed by atoms with E-state index >= 15 is 0 Å². The molecule has 0 bridgehead atoms. The zero-order valence-electron chi connectivity index (χ0n) is 10.0. The molecule has 0 aromatic heterocycles. The third-order valence-electron chi connectivity index (χ3n) is 2.46. The van der Waals surface area contributed by atoms with E-state index in [4.69, 9.17) is 9.84 Å². The summed E-state index contributed by atoms with van der Waals surface area (Å²) in [6.45, 7) is 2.69. The standard InChI is InChI=1S/C10H18N2O4S/c1-7(5-16-2)11-10(15)12-3-4-17-6-8(12)9(13)14/h7-8H,3-6H2,1-2H3,(H,11,15)(H,13,14). The Hall–Kier alpha value is -0.950. The molecule has 2 atom stereocenters. The fraction of sp³-hybridized carbons (Fsp3) is 0.800. The molecule has 1 rings (SSSR count). The van der Waals surface area contributed by atoms with Crippen molar-refractivity contribution in [3.8, 4) is 0 Å². The van der Waals surface area contributed by atoms with Crippen molar-refractivity contribution in [2.24, 2.45) is 0 Å². The molecule has 0 saturated carbocycles. The Bertz CT molecular complexity index is 287. The van der Waals surface area contributed by atoms with Gasteiger partial charge >= 0.3 is 12.0 Å². The van der Waals surface area contributed by atoms with E-state index in [2.05, 4.69) is 5.32 Å². The molecule has 98 valence electrons. The smallest absolute Gasteiger partial charge is 0.327 e. The second kappa shape index (κ2) is 6.70. The van der Waals surface area contributed by atoms with Gasteiger partial charge in [0.05, 0.1) is 12.6 Å². The predicted octanol–water partition coefficient (Wildman–Crippen LogP) is 0.233. The number of thioether (sulfide) groups is 1. The summed E-state index contributed by atoms with van der Waals surface area (Å²) in [6, 6.07) is -1.19. The van der Waals surface area contributed by atoms with Gasteiger partial charge in [-0.15, -0.1) is 0 Å². The summed E-state index contributed by atoms with van der Waals surface area (Å²) in [5, 5.41) is 11.8. The average Bonchev–Trinajstić information content (AvgIpc) is 2.29. The van der Waals surface area contributed by atoms with Gasteiger partial charge in [-0.05, 0) is 6.92 Å². The molecule has 2 unspecified atom stereocenters. The van der Waals surface area contributed by atoms with Crippen LogP contribution in [0.1, 0.15) is 6.92 Å². The molecule has 1 aliphatic heterocycles. The Morgan fingerprint density at radius 2 is 2.35 bits per heavy atom. The molecule has 6 nitrogen and oxygen atoms in total. The summed E-state index contributed by atoms with van der Waals surface area (Å²) in [6.07, 6.45) is 0. The van der Waals surface area contributed by atoms with Gasteiger partial charge in [0.1, 0.15) is 6.04 Å².